The summed E-state index contributed by atoms with van der Waals surface area (Å²) >= 11 is 0. The van der Waals surface area contributed by atoms with E-state index in [0.29, 0.717) is 5.75 Å². The van der Waals surface area contributed by atoms with Gasteiger partial charge in [0, 0.05) is 5.56 Å². The highest BCUT2D eigenvalue weighted by molar-refractivity contribution is 5.58. The maximum atomic E-state index is 10.0. The van der Waals surface area contributed by atoms with Gasteiger partial charge in [0.25, 0.3) is 0 Å². The molecule has 1 atom stereocenters. The Morgan fingerprint density at radius 3 is 2.44 bits per heavy atom. The Labute approximate surface area is 97.3 Å². The van der Waals surface area contributed by atoms with Gasteiger partial charge in [-0.3, -0.25) is 0 Å². The van der Waals surface area contributed by atoms with Gasteiger partial charge in [0.2, 0.25) is 0 Å². The summed E-state index contributed by atoms with van der Waals surface area (Å²) in [6.45, 7) is 11.9. The average molecular weight is 219 g/mol. The maximum absolute atomic E-state index is 10.0. The maximum Gasteiger partial charge on any atom is 0.127 e. The monoisotopic (exact) mass is 219 g/mol. The van der Waals surface area contributed by atoms with Crippen LogP contribution in [0.15, 0.2) is 0 Å². The molecule has 1 aliphatic heterocycles. The zero-order chi connectivity index (χ0) is 12.1. The molecule has 87 valence electrons. The van der Waals surface area contributed by atoms with E-state index in [-0.39, 0.29) is 5.60 Å². The van der Waals surface area contributed by atoms with Crippen LogP contribution in [0, 0.1) is 27.7 Å². The molecule has 0 amide bonds. The third-order valence-electron chi connectivity index (χ3n) is 3.59. The summed E-state index contributed by atoms with van der Waals surface area (Å²) in [6, 6.07) is 0. The first-order valence-corrected chi connectivity index (χ1v) is 5.69. The molecule has 2 heteroatoms. The van der Waals surface area contributed by atoms with Crippen molar-refractivity contribution in [2.75, 3.05) is 0 Å². The number of phenols is 1. The largest absolute Gasteiger partial charge is 0.507 e. The fourth-order valence-corrected chi connectivity index (χ4v) is 2.29. The molecular formula is C14H19O2. The number of fused-ring (bicyclic) bond motifs is 1. The first kappa shape index (κ1) is 11.3. The topological polar surface area (TPSA) is 29.5 Å². The predicted molar refractivity (Wildman–Crippen MR) is 65.0 cm³/mol. The number of rotatable bonds is 0. The third kappa shape index (κ3) is 1.57. The van der Waals surface area contributed by atoms with Crippen LogP contribution >= 0.6 is 0 Å². The lowest BCUT2D eigenvalue weighted by Gasteiger charge is -2.35. The molecule has 2 rings (SSSR count). The Balaban J connectivity index is 2.65. The van der Waals surface area contributed by atoms with Crippen LogP contribution in [0.25, 0.3) is 0 Å². The summed E-state index contributed by atoms with van der Waals surface area (Å²) in [5, 5.41) is 10.0. The molecular weight excluding hydrogens is 200 g/mol. The minimum absolute atomic E-state index is 0.340. The highest BCUT2D eigenvalue weighted by atomic mass is 16.5. The molecule has 1 aliphatic rings. The summed E-state index contributed by atoms with van der Waals surface area (Å²) in [7, 11) is 0. The van der Waals surface area contributed by atoms with E-state index >= 15 is 0 Å². The van der Waals surface area contributed by atoms with E-state index in [1.54, 1.807) is 0 Å². The second kappa shape index (κ2) is 3.41. The highest BCUT2D eigenvalue weighted by Crippen LogP contribution is 2.42. The standard InChI is InChI=1S/C14H19O2/c1-8-9(2)13-11(10(3)12(8)15)6-7-14(4,5)16-13/h15H,4,6-7H2,1-3,5H3. The lowest BCUT2D eigenvalue weighted by atomic mass is 9.88. The third-order valence-corrected chi connectivity index (χ3v) is 3.59. The molecule has 0 bridgehead atoms. The first-order chi connectivity index (χ1) is 7.33. The Morgan fingerprint density at radius 2 is 1.81 bits per heavy atom. The summed E-state index contributed by atoms with van der Waals surface area (Å²) < 4.78 is 5.94. The lowest BCUT2D eigenvalue weighted by molar-refractivity contribution is 0.110. The van der Waals surface area contributed by atoms with Gasteiger partial charge in [-0.05, 0) is 64.2 Å². The summed E-state index contributed by atoms with van der Waals surface area (Å²) in [5.41, 5.74) is 3.70. The van der Waals surface area contributed by atoms with Crippen LogP contribution in [0.5, 0.6) is 11.5 Å². The SMILES string of the molecule is [CH2]C1(C)CCc2c(C)c(O)c(C)c(C)c2O1. The van der Waals surface area contributed by atoms with E-state index in [0.717, 1.165) is 40.8 Å². The predicted octanol–water partition coefficient (Wildman–Crippen LogP) is 3.24. The van der Waals surface area contributed by atoms with E-state index in [2.05, 4.69) is 6.92 Å². The number of phenolic OH excluding ortho intramolecular Hbond substituents is 1. The zero-order valence-corrected chi connectivity index (χ0v) is 10.5. The molecule has 1 radical (unpaired) electrons. The smallest absolute Gasteiger partial charge is 0.127 e. The zero-order valence-electron chi connectivity index (χ0n) is 10.5. The van der Waals surface area contributed by atoms with Crippen molar-refractivity contribution in [2.24, 2.45) is 0 Å². The van der Waals surface area contributed by atoms with Gasteiger partial charge in [-0.15, -0.1) is 0 Å². The number of aromatic hydroxyl groups is 1. The Morgan fingerprint density at radius 1 is 1.19 bits per heavy atom. The molecule has 1 heterocycles. The van der Waals surface area contributed by atoms with Crippen molar-refractivity contribution in [3.05, 3.63) is 29.2 Å². The Bertz CT molecular complexity index is 445. The fourth-order valence-electron chi connectivity index (χ4n) is 2.29. The molecule has 0 fully saturated rings. The fraction of sp³-hybridized carbons (Fsp3) is 0.500. The Hall–Kier alpha value is -1.18. The number of hydrogen-bond donors (Lipinski definition) is 1. The van der Waals surface area contributed by atoms with Crippen molar-refractivity contribution in [1.82, 2.24) is 0 Å². The quantitative estimate of drug-likeness (QED) is 0.726. The summed E-state index contributed by atoms with van der Waals surface area (Å²) in [6.07, 6.45) is 1.82. The van der Waals surface area contributed by atoms with Crippen LogP contribution in [0.4, 0.5) is 0 Å². The van der Waals surface area contributed by atoms with Gasteiger partial charge in [-0.25, -0.2) is 0 Å². The molecule has 1 aromatic carbocycles. The lowest BCUT2D eigenvalue weighted by Crippen LogP contribution is -2.33. The number of benzene rings is 1. The summed E-state index contributed by atoms with van der Waals surface area (Å²) in [4.78, 5) is 0. The molecule has 1 aromatic rings. The van der Waals surface area contributed by atoms with Crippen LogP contribution in [-0.2, 0) is 6.42 Å². The molecule has 0 saturated carbocycles. The molecule has 1 N–H and O–H groups in total. The Kier molecular flexibility index (Phi) is 2.41. The van der Waals surface area contributed by atoms with E-state index in [1.165, 1.54) is 0 Å². The highest BCUT2D eigenvalue weighted by Gasteiger charge is 2.30. The number of ether oxygens (including phenoxy) is 1. The molecule has 0 aliphatic carbocycles. The van der Waals surface area contributed by atoms with Gasteiger partial charge in [-0.1, -0.05) is 0 Å². The van der Waals surface area contributed by atoms with Crippen LogP contribution < -0.4 is 4.74 Å². The van der Waals surface area contributed by atoms with Crippen molar-refractivity contribution < 1.29 is 9.84 Å². The van der Waals surface area contributed by atoms with Crippen LogP contribution in [0.2, 0.25) is 0 Å². The average Bonchev–Trinajstić information content (AvgIpc) is 2.22. The van der Waals surface area contributed by atoms with Gasteiger partial charge in [0.1, 0.15) is 17.1 Å². The molecule has 16 heavy (non-hydrogen) atoms. The van der Waals surface area contributed by atoms with Gasteiger partial charge in [-0.2, -0.15) is 0 Å². The van der Waals surface area contributed by atoms with Crippen molar-refractivity contribution in [3.63, 3.8) is 0 Å². The normalized spacial score (nSPS) is 17.8. The minimum Gasteiger partial charge on any atom is -0.507 e. The molecule has 0 aromatic heterocycles. The van der Waals surface area contributed by atoms with Gasteiger partial charge < -0.3 is 9.84 Å². The van der Waals surface area contributed by atoms with Crippen molar-refractivity contribution in [1.29, 1.82) is 0 Å². The van der Waals surface area contributed by atoms with Crippen molar-refractivity contribution >= 4 is 0 Å². The van der Waals surface area contributed by atoms with E-state index in [4.69, 9.17) is 4.74 Å². The molecule has 1 unspecified atom stereocenters. The minimum atomic E-state index is -0.340. The van der Waals surface area contributed by atoms with Crippen LogP contribution in [-0.4, -0.2) is 10.7 Å². The van der Waals surface area contributed by atoms with E-state index in [1.807, 2.05) is 27.7 Å². The molecule has 0 saturated heterocycles. The second-order valence-electron chi connectivity index (χ2n) is 5.08. The van der Waals surface area contributed by atoms with E-state index in [9.17, 15) is 5.11 Å². The van der Waals surface area contributed by atoms with Gasteiger partial charge in [0.15, 0.2) is 0 Å². The van der Waals surface area contributed by atoms with E-state index < -0.39 is 0 Å². The van der Waals surface area contributed by atoms with Crippen LogP contribution in [0.1, 0.15) is 35.6 Å². The second-order valence-corrected chi connectivity index (χ2v) is 5.08. The summed E-state index contributed by atoms with van der Waals surface area (Å²) in [5.74, 6) is 1.34. The van der Waals surface area contributed by atoms with Gasteiger partial charge in [0.05, 0.1) is 0 Å². The first-order valence-electron chi connectivity index (χ1n) is 5.69. The molecule has 0 spiro atoms. The van der Waals surface area contributed by atoms with Crippen LogP contribution in [0.3, 0.4) is 0 Å². The molecule has 2 nitrogen and oxygen atoms in total. The van der Waals surface area contributed by atoms with Crippen molar-refractivity contribution in [3.8, 4) is 11.5 Å². The van der Waals surface area contributed by atoms with Crippen molar-refractivity contribution in [2.45, 2.75) is 46.1 Å². The number of hydrogen-bond acceptors (Lipinski definition) is 2. The van der Waals surface area contributed by atoms with Gasteiger partial charge >= 0.3 is 0 Å².